The van der Waals surface area contributed by atoms with Gasteiger partial charge in [0, 0.05) is 6.04 Å². The smallest absolute Gasteiger partial charge is 0.187 e. The molecule has 0 radical (unpaired) electrons. The van der Waals surface area contributed by atoms with Crippen LogP contribution in [-0.4, -0.2) is 31.4 Å². The Balaban J connectivity index is 2.71. The van der Waals surface area contributed by atoms with Crippen LogP contribution in [0.4, 0.5) is 5.69 Å². The molecule has 94 valence electrons. The molecular weight excluding hydrogens is 238 g/mol. The molecule has 1 aromatic rings. The van der Waals surface area contributed by atoms with Gasteiger partial charge in [-0.15, -0.1) is 0 Å². The van der Waals surface area contributed by atoms with E-state index in [2.05, 4.69) is 5.32 Å². The lowest BCUT2D eigenvalue weighted by Gasteiger charge is -2.32. The zero-order valence-electron chi connectivity index (χ0n) is 10.2. The highest BCUT2D eigenvalue weighted by Gasteiger charge is 2.39. The number of fused-ring (bicyclic) bond motifs is 1. The highest BCUT2D eigenvalue weighted by atomic mass is 32.2. The van der Waals surface area contributed by atoms with Crippen molar-refractivity contribution in [2.45, 2.75) is 37.0 Å². The van der Waals surface area contributed by atoms with E-state index in [-0.39, 0.29) is 12.6 Å². The Labute approximate surface area is 102 Å². The summed E-state index contributed by atoms with van der Waals surface area (Å²) in [5.74, 6) is 0. The molecule has 0 saturated heterocycles. The van der Waals surface area contributed by atoms with Crippen LogP contribution in [0.25, 0.3) is 0 Å². The SMILES string of the molecule is Cc1cc(C)c2c(c1)NC(C)C(CO)S2(=O)=O. The van der Waals surface area contributed by atoms with Crippen LogP contribution in [0.1, 0.15) is 18.1 Å². The molecule has 4 nitrogen and oxygen atoms in total. The van der Waals surface area contributed by atoms with E-state index < -0.39 is 15.1 Å². The largest absolute Gasteiger partial charge is 0.395 e. The summed E-state index contributed by atoms with van der Waals surface area (Å²) >= 11 is 0. The fourth-order valence-corrected chi connectivity index (χ4v) is 4.49. The van der Waals surface area contributed by atoms with Crippen molar-refractivity contribution in [2.75, 3.05) is 11.9 Å². The molecule has 5 heteroatoms. The molecule has 1 aromatic carbocycles. The summed E-state index contributed by atoms with van der Waals surface area (Å²) in [6, 6.07) is 3.41. The van der Waals surface area contributed by atoms with E-state index in [1.165, 1.54) is 0 Å². The van der Waals surface area contributed by atoms with Crippen molar-refractivity contribution in [1.29, 1.82) is 0 Å². The van der Waals surface area contributed by atoms with E-state index in [0.717, 1.165) is 11.1 Å². The number of aliphatic hydroxyl groups excluding tert-OH is 1. The minimum absolute atomic E-state index is 0.279. The molecule has 0 aromatic heterocycles. The molecule has 0 fully saturated rings. The zero-order chi connectivity index (χ0) is 12.8. The third kappa shape index (κ3) is 1.83. The quantitative estimate of drug-likeness (QED) is 0.792. The minimum atomic E-state index is -3.44. The van der Waals surface area contributed by atoms with Gasteiger partial charge in [0.15, 0.2) is 9.84 Å². The number of benzene rings is 1. The van der Waals surface area contributed by atoms with Gasteiger partial charge >= 0.3 is 0 Å². The fraction of sp³-hybridized carbons (Fsp3) is 0.500. The number of anilines is 1. The van der Waals surface area contributed by atoms with Gasteiger partial charge in [0.1, 0.15) is 5.25 Å². The lowest BCUT2D eigenvalue weighted by Crippen LogP contribution is -2.44. The second-order valence-electron chi connectivity index (χ2n) is 4.66. The van der Waals surface area contributed by atoms with Gasteiger partial charge in [-0.2, -0.15) is 0 Å². The monoisotopic (exact) mass is 255 g/mol. The van der Waals surface area contributed by atoms with Gasteiger partial charge in [0.05, 0.1) is 17.2 Å². The molecule has 2 atom stereocenters. The van der Waals surface area contributed by atoms with E-state index in [0.29, 0.717) is 10.6 Å². The predicted octanol–water partition coefficient (Wildman–Crippen LogP) is 1.25. The molecule has 1 aliphatic heterocycles. The van der Waals surface area contributed by atoms with Crippen molar-refractivity contribution in [3.8, 4) is 0 Å². The van der Waals surface area contributed by atoms with Gasteiger partial charge in [-0.25, -0.2) is 8.42 Å². The summed E-state index contributed by atoms with van der Waals surface area (Å²) in [5, 5.41) is 11.6. The summed E-state index contributed by atoms with van der Waals surface area (Å²) in [5.41, 5.74) is 2.41. The standard InChI is InChI=1S/C12H17NO3S/c1-7-4-8(2)12-10(5-7)13-9(3)11(6-14)17(12,15)16/h4-5,9,11,13-14H,6H2,1-3H3. The molecule has 1 aliphatic rings. The van der Waals surface area contributed by atoms with Crippen LogP contribution in [0.3, 0.4) is 0 Å². The van der Waals surface area contributed by atoms with Crippen molar-refractivity contribution >= 4 is 15.5 Å². The molecule has 17 heavy (non-hydrogen) atoms. The Kier molecular flexibility index (Phi) is 2.91. The first-order valence-electron chi connectivity index (χ1n) is 5.60. The van der Waals surface area contributed by atoms with Crippen LogP contribution in [0.2, 0.25) is 0 Å². The summed E-state index contributed by atoms with van der Waals surface area (Å²) in [4.78, 5) is 0.334. The highest BCUT2D eigenvalue weighted by Crippen LogP contribution is 2.35. The Bertz CT molecular complexity index is 551. The fourth-order valence-electron chi connectivity index (χ4n) is 2.45. The summed E-state index contributed by atoms with van der Waals surface area (Å²) < 4.78 is 24.8. The second-order valence-corrected chi connectivity index (χ2v) is 6.76. The van der Waals surface area contributed by atoms with Crippen LogP contribution in [0, 0.1) is 13.8 Å². The first-order valence-corrected chi connectivity index (χ1v) is 7.15. The number of aliphatic hydroxyl groups is 1. The predicted molar refractivity (Wildman–Crippen MR) is 67.1 cm³/mol. The molecule has 0 bridgehead atoms. The number of rotatable bonds is 1. The maximum absolute atomic E-state index is 12.4. The lowest BCUT2D eigenvalue weighted by molar-refractivity contribution is 0.282. The molecule has 0 amide bonds. The summed E-state index contributed by atoms with van der Waals surface area (Å²) in [6.45, 7) is 5.14. The van der Waals surface area contributed by atoms with E-state index in [9.17, 15) is 13.5 Å². The number of sulfone groups is 1. The van der Waals surface area contributed by atoms with Crippen LogP contribution in [0.15, 0.2) is 17.0 Å². The molecule has 2 rings (SSSR count). The Hall–Kier alpha value is -1.07. The average Bonchev–Trinajstić information content (AvgIpc) is 2.14. The molecule has 2 N–H and O–H groups in total. The van der Waals surface area contributed by atoms with Gasteiger partial charge in [-0.05, 0) is 38.0 Å². The van der Waals surface area contributed by atoms with Gasteiger partial charge in [-0.1, -0.05) is 6.07 Å². The average molecular weight is 255 g/mol. The summed E-state index contributed by atoms with van der Waals surface area (Å²) in [7, 11) is -3.44. The Morgan fingerprint density at radius 2 is 2.00 bits per heavy atom. The van der Waals surface area contributed by atoms with Crippen LogP contribution in [0.5, 0.6) is 0 Å². The maximum atomic E-state index is 12.4. The first kappa shape index (κ1) is 12.4. The topological polar surface area (TPSA) is 66.4 Å². The van der Waals surface area contributed by atoms with E-state index in [4.69, 9.17) is 0 Å². The van der Waals surface area contributed by atoms with Crippen molar-refractivity contribution in [3.05, 3.63) is 23.3 Å². The maximum Gasteiger partial charge on any atom is 0.187 e. The van der Waals surface area contributed by atoms with E-state index in [1.807, 2.05) is 19.1 Å². The molecule has 0 saturated carbocycles. The lowest BCUT2D eigenvalue weighted by atomic mass is 10.1. The number of aryl methyl sites for hydroxylation is 2. The molecule has 1 heterocycles. The van der Waals surface area contributed by atoms with Crippen molar-refractivity contribution in [2.24, 2.45) is 0 Å². The molecule has 0 aliphatic carbocycles. The molecule has 2 unspecified atom stereocenters. The van der Waals surface area contributed by atoms with Crippen molar-refractivity contribution in [1.82, 2.24) is 0 Å². The van der Waals surface area contributed by atoms with Gasteiger partial charge < -0.3 is 10.4 Å². The number of hydrogen-bond donors (Lipinski definition) is 2. The highest BCUT2D eigenvalue weighted by molar-refractivity contribution is 7.92. The van der Waals surface area contributed by atoms with Gasteiger partial charge in [0.2, 0.25) is 0 Å². The number of hydrogen-bond acceptors (Lipinski definition) is 4. The van der Waals surface area contributed by atoms with E-state index in [1.54, 1.807) is 13.8 Å². The van der Waals surface area contributed by atoms with Crippen molar-refractivity contribution in [3.63, 3.8) is 0 Å². The Morgan fingerprint density at radius 3 is 2.59 bits per heavy atom. The normalized spacial score (nSPS) is 26.1. The van der Waals surface area contributed by atoms with E-state index >= 15 is 0 Å². The van der Waals surface area contributed by atoms with Crippen molar-refractivity contribution < 1.29 is 13.5 Å². The molecular formula is C12H17NO3S. The van der Waals surface area contributed by atoms with Crippen LogP contribution in [-0.2, 0) is 9.84 Å². The Morgan fingerprint density at radius 1 is 1.35 bits per heavy atom. The van der Waals surface area contributed by atoms with Crippen LogP contribution >= 0.6 is 0 Å². The second kappa shape index (κ2) is 3.99. The van der Waals surface area contributed by atoms with Crippen LogP contribution < -0.4 is 5.32 Å². The number of nitrogens with one attached hydrogen (secondary N) is 1. The molecule has 0 spiro atoms. The summed E-state index contributed by atoms with van der Waals surface area (Å²) in [6.07, 6.45) is 0. The minimum Gasteiger partial charge on any atom is -0.395 e. The zero-order valence-corrected chi connectivity index (χ0v) is 11.0. The van der Waals surface area contributed by atoms with Gasteiger partial charge in [-0.3, -0.25) is 0 Å². The first-order chi connectivity index (χ1) is 7.87. The third-order valence-electron chi connectivity index (χ3n) is 3.22. The third-order valence-corrected chi connectivity index (χ3v) is 5.69. The van der Waals surface area contributed by atoms with Gasteiger partial charge in [0.25, 0.3) is 0 Å².